The van der Waals surface area contributed by atoms with Gasteiger partial charge >= 0.3 is 6.09 Å². The Morgan fingerprint density at radius 1 is 1.25 bits per heavy atom. The molecule has 2 fully saturated rings. The fourth-order valence-corrected chi connectivity index (χ4v) is 3.49. The molecule has 1 heterocycles. The standard InChI is InChI=1S/C15H28N2O3/c1-11(18)12-8-14(10-17(9-12)15(19)20-2)16-13-6-4-3-5-7-13/h11-14,16,18H,3-10H2,1-2H3. The van der Waals surface area contributed by atoms with Gasteiger partial charge in [0.2, 0.25) is 0 Å². The Labute approximate surface area is 121 Å². The van der Waals surface area contributed by atoms with Crippen LogP contribution in [0.3, 0.4) is 0 Å². The van der Waals surface area contributed by atoms with E-state index >= 15 is 0 Å². The van der Waals surface area contributed by atoms with E-state index in [4.69, 9.17) is 4.74 Å². The molecule has 5 nitrogen and oxygen atoms in total. The van der Waals surface area contributed by atoms with E-state index in [1.807, 2.05) is 6.92 Å². The summed E-state index contributed by atoms with van der Waals surface area (Å²) in [6.45, 7) is 3.09. The van der Waals surface area contributed by atoms with Crippen molar-refractivity contribution in [3.63, 3.8) is 0 Å². The highest BCUT2D eigenvalue weighted by Crippen LogP contribution is 2.24. The van der Waals surface area contributed by atoms with Crippen LogP contribution in [0.4, 0.5) is 4.79 Å². The number of aliphatic hydroxyl groups excluding tert-OH is 1. The molecule has 3 unspecified atom stereocenters. The molecule has 0 spiro atoms. The molecular formula is C15H28N2O3. The van der Waals surface area contributed by atoms with Crippen LogP contribution < -0.4 is 5.32 Å². The van der Waals surface area contributed by atoms with E-state index in [9.17, 15) is 9.90 Å². The zero-order chi connectivity index (χ0) is 14.5. The molecule has 1 amide bonds. The molecule has 2 rings (SSSR count). The molecule has 0 radical (unpaired) electrons. The monoisotopic (exact) mass is 284 g/mol. The van der Waals surface area contributed by atoms with Gasteiger partial charge in [0, 0.05) is 31.1 Å². The third-order valence-corrected chi connectivity index (χ3v) is 4.67. The normalized spacial score (nSPS) is 30.1. The molecule has 0 aromatic rings. The first-order chi connectivity index (χ1) is 9.60. The maximum atomic E-state index is 11.8. The van der Waals surface area contributed by atoms with Crippen molar-refractivity contribution >= 4 is 6.09 Å². The molecule has 1 saturated heterocycles. The highest BCUT2D eigenvalue weighted by atomic mass is 16.5. The largest absolute Gasteiger partial charge is 0.453 e. The van der Waals surface area contributed by atoms with Gasteiger partial charge in [-0.15, -0.1) is 0 Å². The number of methoxy groups -OCH3 is 1. The SMILES string of the molecule is COC(=O)N1CC(NC2CCCCC2)CC(C(C)O)C1. The molecule has 116 valence electrons. The van der Waals surface area contributed by atoms with E-state index in [1.165, 1.54) is 39.2 Å². The summed E-state index contributed by atoms with van der Waals surface area (Å²) >= 11 is 0. The second-order valence-corrected chi connectivity index (χ2v) is 6.31. The molecule has 1 aliphatic heterocycles. The number of piperidine rings is 1. The lowest BCUT2D eigenvalue weighted by atomic mass is 9.88. The molecule has 1 aliphatic carbocycles. The maximum Gasteiger partial charge on any atom is 0.409 e. The highest BCUT2D eigenvalue weighted by molar-refractivity contribution is 5.67. The lowest BCUT2D eigenvalue weighted by Gasteiger charge is -2.40. The zero-order valence-corrected chi connectivity index (χ0v) is 12.7. The van der Waals surface area contributed by atoms with Crippen LogP contribution in [0.2, 0.25) is 0 Å². The zero-order valence-electron chi connectivity index (χ0n) is 12.7. The Kier molecular flexibility index (Phi) is 5.66. The quantitative estimate of drug-likeness (QED) is 0.829. The van der Waals surface area contributed by atoms with Crippen LogP contribution in [0.25, 0.3) is 0 Å². The van der Waals surface area contributed by atoms with Gasteiger partial charge in [0.05, 0.1) is 13.2 Å². The first-order valence-corrected chi connectivity index (χ1v) is 7.87. The molecule has 3 atom stereocenters. The van der Waals surface area contributed by atoms with E-state index < -0.39 is 6.10 Å². The molecule has 2 N–H and O–H groups in total. The summed E-state index contributed by atoms with van der Waals surface area (Å²) < 4.78 is 4.83. The molecule has 5 heteroatoms. The Balaban J connectivity index is 1.93. The average molecular weight is 284 g/mol. The van der Waals surface area contributed by atoms with Gasteiger partial charge in [-0.1, -0.05) is 19.3 Å². The summed E-state index contributed by atoms with van der Waals surface area (Å²) in [6.07, 6.45) is 6.65. The summed E-state index contributed by atoms with van der Waals surface area (Å²) in [5, 5.41) is 13.6. The van der Waals surface area contributed by atoms with E-state index in [0.717, 1.165) is 6.42 Å². The number of rotatable bonds is 3. The summed E-state index contributed by atoms with van der Waals surface area (Å²) in [6, 6.07) is 0.839. The minimum atomic E-state index is -0.391. The van der Waals surface area contributed by atoms with Crippen molar-refractivity contribution in [3.05, 3.63) is 0 Å². The lowest BCUT2D eigenvalue weighted by molar-refractivity contribution is 0.0398. The number of hydrogen-bond acceptors (Lipinski definition) is 4. The van der Waals surface area contributed by atoms with Gasteiger partial charge in [-0.25, -0.2) is 4.79 Å². The van der Waals surface area contributed by atoms with E-state index in [1.54, 1.807) is 4.90 Å². The minimum Gasteiger partial charge on any atom is -0.453 e. The number of carbonyl (C=O) groups excluding carboxylic acids is 1. The van der Waals surface area contributed by atoms with Crippen molar-refractivity contribution in [2.45, 2.75) is 63.6 Å². The molecule has 20 heavy (non-hydrogen) atoms. The summed E-state index contributed by atoms with van der Waals surface area (Å²) in [5.41, 5.74) is 0. The van der Waals surface area contributed by atoms with Gasteiger partial charge in [0.15, 0.2) is 0 Å². The van der Waals surface area contributed by atoms with Gasteiger partial charge in [-0.3, -0.25) is 0 Å². The number of likely N-dealkylation sites (tertiary alicyclic amines) is 1. The first-order valence-electron chi connectivity index (χ1n) is 7.87. The molecule has 1 saturated carbocycles. The average Bonchev–Trinajstić information content (AvgIpc) is 2.47. The maximum absolute atomic E-state index is 11.8. The summed E-state index contributed by atoms with van der Waals surface area (Å²) in [5.74, 6) is 0.129. The van der Waals surface area contributed by atoms with Crippen molar-refractivity contribution in [1.82, 2.24) is 10.2 Å². The topological polar surface area (TPSA) is 61.8 Å². The van der Waals surface area contributed by atoms with Crippen LogP contribution >= 0.6 is 0 Å². The molecular weight excluding hydrogens is 256 g/mol. The van der Waals surface area contributed by atoms with Crippen molar-refractivity contribution in [2.75, 3.05) is 20.2 Å². The Morgan fingerprint density at radius 2 is 1.95 bits per heavy atom. The van der Waals surface area contributed by atoms with E-state index in [-0.39, 0.29) is 18.1 Å². The van der Waals surface area contributed by atoms with Gasteiger partial charge in [0.25, 0.3) is 0 Å². The van der Waals surface area contributed by atoms with E-state index in [0.29, 0.717) is 19.1 Å². The number of ether oxygens (including phenoxy) is 1. The van der Waals surface area contributed by atoms with Crippen molar-refractivity contribution < 1.29 is 14.6 Å². The van der Waals surface area contributed by atoms with Crippen LogP contribution in [0, 0.1) is 5.92 Å². The number of hydrogen-bond donors (Lipinski definition) is 2. The Hall–Kier alpha value is -0.810. The van der Waals surface area contributed by atoms with Crippen molar-refractivity contribution in [1.29, 1.82) is 0 Å². The number of amides is 1. The molecule has 0 bridgehead atoms. The summed E-state index contributed by atoms with van der Waals surface area (Å²) in [4.78, 5) is 13.5. The van der Waals surface area contributed by atoms with Crippen LogP contribution in [0.15, 0.2) is 0 Å². The second-order valence-electron chi connectivity index (χ2n) is 6.31. The fraction of sp³-hybridized carbons (Fsp3) is 0.933. The minimum absolute atomic E-state index is 0.129. The Morgan fingerprint density at radius 3 is 2.55 bits per heavy atom. The number of carbonyl (C=O) groups is 1. The second kappa shape index (κ2) is 7.27. The highest BCUT2D eigenvalue weighted by Gasteiger charge is 2.33. The first kappa shape index (κ1) is 15.6. The lowest BCUT2D eigenvalue weighted by Crippen LogP contribution is -2.55. The predicted molar refractivity (Wildman–Crippen MR) is 77.6 cm³/mol. The third-order valence-electron chi connectivity index (χ3n) is 4.67. The van der Waals surface area contributed by atoms with Gasteiger partial charge in [0.1, 0.15) is 0 Å². The van der Waals surface area contributed by atoms with E-state index in [2.05, 4.69) is 5.32 Å². The number of nitrogens with zero attached hydrogens (tertiary/aromatic N) is 1. The van der Waals surface area contributed by atoms with Gasteiger partial charge in [-0.05, 0) is 26.2 Å². The van der Waals surface area contributed by atoms with Gasteiger partial charge in [-0.2, -0.15) is 0 Å². The Bertz CT molecular complexity index is 316. The van der Waals surface area contributed by atoms with Crippen molar-refractivity contribution in [2.24, 2.45) is 5.92 Å². The molecule has 0 aromatic carbocycles. The smallest absolute Gasteiger partial charge is 0.409 e. The molecule has 0 aromatic heterocycles. The fourth-order valence-electron chi connectivity index (χ4n) is 3.49. The van der Waals surface area contributed by atoms with Crippen molar-refractivity contribution in [3.8, 4) is 0 Å². The third kappa shape index (κ3) is 4.09. The van der Waals surface area contributed by atoms with Gasteiger partial charge < -0.3 is 20.1 Å². The number of nitrogens with one attached hydrogen (secondary N) is 1. The van der Waals surface area contributed by atoms with Crippen LogP contribution in [-0.2, 0) is 4.74 Å². The van der Waals surface area contributed by atoms with Crippen LogP contribution in [-0.4, -0.2) is 54.5 Å². The molecule has 2 aliphatic rings. The van der Waals surface area contributed by atoms with Crippen LogP contribution in [0.1, 0.15) is 45.4 Å². The van der Waals surface area contributed by atoms with Crippen LogP contribution in [0.5, 0.6) is 0 Å². The summed E-state index contributed by atoms with van der Waals surface area (Å²) in [7, 11) is 1.41. The number of aliphatic hydroxyl groups is 1. The predicted octanol–water partition coefficient (Wildman–Crippen LogP) is 1.75.